The maximum Gasteiger partial charge on any atom is 0.356 e. The lowest BCUT2D eigenvalue weighted by Crippen LogP contribution is -2.14. The molecule has 0 atom stereocenters. The van der Waals surface area contributed by atoms with Crippen LogP contribution in [0.25, 0.3) is 6.08 Å². The summed E-state index contributed by atoms with van der Waals surface area (Å²) in [6, 6.07) is 12.8. The van der Waals surface area contributed by atoms with Crippen molar-refractivity contribution in [2.45, 2.75) is 19.6 Å². The molecule has 0 fully saturated rings. The van der Waals surface area contributed by atoms with Crippen LogP contribution in [0.5, 0.6) is 5.75 Å². The van der Waals surface area contributed by atoms with Gasteiger partial charge in [0.15, 0.2) is 11.6 Å². The minimum Gasteiger partial charge on any atom is -0.496 e. The second-order valence-electron chi connectivity index (χ2n) is 8.88. The number of hydrogen-bond donors (Lipinski definition) is 4. The second kappa shape index (κ2) is 9.37. The Balaban J connectivity index is 1.47. The van der Waals surface area contributed by atoms with Gasteiger partial charge in [-0.3, -0.25) is 14.2 Å². The van der Waals surface area contributed by atoms with Crippen LogP contribution in [0.1, 0.15) is 43.0 Å². The topological polar surface area (TPSA) is 145 Å². The Morgan fingerprint density at radius 3 is 2.41 bits per heavy atom. The summed E-state index contributed by atoms with van der Waals surface area (Å²) in [6.07, 6.45) is 2.21. The van der Waals surface area contributed by atoms with Gasteiger partial charge in [0.2, 0.25) is 0 Å². The summed E-state index contributed by atoms with van der Waals surface area (Å²) in [7, 11) is -3.05. The molecule has 0 saturated carbocycles. The van der Waals surface area contributed by atoms with Crippen LogP contribution < -0.4 is 14.9 Å². The summed E-state index contributed by atoms with van der Waals surface area (Å²) in [4.78, 5) is 46.7. The number of carbonyl (C=O) groups excluding carboxylic acids is 2. The maximum atomic E-state index is 12.9. The molecule has 1 aliphatic carbocycles. The normalized spacial score (nSPS) is 15.9. The molecule has 0 saturated heterocycles. The van der Waals surface area contributed by atoms with Gasteiger partial charge in [-0.2, -0.15) is 0 Å². The molecule has 2 aliphatic rings. The van der Waals surface area contributed by atoms with Crippen LogP contribution in [0, 0.1) is 0 Å². The average Bonchev–Trinajstić information content (AvgIpc) is 3.41. The molecule has 1 heterocycles. The molecule has 0 aromatic heterocycles. The zero-order chi connectivity index (χ0) is 26.5. The van der Waals surface area contributed by atoms with E-state index >= 15 is 0 Å². The number of anilines is 2. The van der Waals surface area contributed by atoms with Gasteiger partial charge in [0.25, 0.3) is 0 Å². The number of carbonyl (C=O) groups is 2. The molecule has 190 valence electrons. The van der Waals surface area contributed by atoms with E-state index in [4.69, 9.17) is 4.74 Å². The zero-order valence-corrected chi connectivity index (χ0v) is 20.7. The van der Waals surface area contributed by atoms with E-state index in [2.05, 4.69) is 4.90 Å². The van der Waals surface area contributed by atoms with Gasteiger partial charge in [-0.05, 0) is 65.6 Å². The van der Waals surface area contributed by atoms with E-state index in [9.17, 15) is 34.2 Å². The quantitative estimate of drug-likeness (QED) is 0.219. The summed E-state index contributed by atoms with van der Waals surface area (Å²) in [5.41, 5.74) is 4.58. The van der Waals surface area contributed by atoms with Gasteiger partial charge in [0.1, 0.15) is 5.75 Å². The van der Waals surface area contributed by atoms with E-state index in [0.29, 0.717) is 35.4 Å². The number of rotatable bonds is 6. The third-order valence-electron chi connectivity index (χ3n) is 6.77. The van der Waals surface area contributed by atoms with Gasteiger partial charge in [-0.25, -0.2) is 0 Å². The lowest BCUT2D eigenvalue weighted by atomic mass is 10.0. The highest BCUT2D eigenvalue weighted by atomic mass is 31.2. The van der Waals surface area contributed by atoms with Crippen molar-refractivity contribution >= 4 is 41.9 Å². The van der Waals surface area contributed by atoms with Crippen molar-refractivity contribution in [2.24, 2.45) is 0 Å². The number of ether oxygens (including phenoxy) is 1. The SMILES string of the molecule is COc1cc(N2CCc3cc(C=C4C(=O)c5ccc(P(=O)(O)O)cc5C4=O)ccc32)cc(CO)c1CO. The number of hydrogen-bond acceptors (Lipinski definition) is 7. The highest BCUT2D eigenvalue weighted by Crippen LogP contribution is 2.40. The summed E-state index contributed by atoms with van der Waals surface area (Å²) >= 11 is 0. The molecule has 3 aromatic carbocycles. The third-order valence-corrected chi connectivity index (χ3v) is 7.73. The summed E-state index contributed by atoms with van der Waals surface area (Å²) in [5.74, 6) is -0.560. The minimum absolute atomic E-state index is 0.00984. The Hall–Kier alpha value is -3.59. The van der Waals surface area contributed by atoms with Crippen molar-refractivity contribution in [3.63, 3.8) is 0 Å². The van der Waals surface area contributed by atoms with Crippen LogP contribution in [0.2, 0.25) is 0 Å². The Bertz CT molecular complexity index is 1510. The number of allylic oxidation sites excluding steroid dienone is 1. The largest absolute Gasteiger partial charge is 0.496 e. The van der Waals surface area contributed by atoms with E-state index in [1.54, 1.807) is 6.07 Å². The predicted molar refractivity (Wildman–Crippen MR) is 137 cm³/mol. The second-order valence-corrected chi connectivity index (χ2v) is 10.5. The van der Waals surface area contributed by atoms with Crippen molar-refractivity contribution in [1.82, 2.24) is 0 Å². The van der Waals surface area contributed by atoms with Crippen LogP contribution in [0.4, 0.5) is 11.4 Å². The Labute approximate surface area is 212 Å². The molecule has 10 heteroatoms. The standard InChI is InChI=1S/C27H24NO8P/c1-36-25-11-18(10-17(13-29)23(25)14-30)28-7-6-16-8-15(2-5-24(16)28)9-22-26(31)20-4-3-19(37(33,34)35)12-21(20)27(22)32/h2-5,8-12,29-30H,6-7,13-14H2,1H3,(H2,33,34,35). The lowest BCUT2D eigenvalue weighted by molar-refractivity contribution is 0.0990. The van der Waals surface area contributed by atoms with Crippen molar-refractivity contribution in [1.29, 1.82) is 0 Å². The highest BCUT2D eigenvalue weighted by Gasteiger charge is 2.35. The van der Waals surface area contributed by atoms with Gasteiger partial charge >= 0.3 is 7.60 Å². The van der Waals surface area contributed by atoms with Gasteiger partial charge in [0, 0.05) is 40.7 Å². The molecule has 4 N–H and O–H groups in total. The monoisotopic (exact) mass is 521 g/mol. The molecule has 3 aromatic rings. The molecule has 9 nitrogen and oxygen atoms in total. The number of benzene rings is 3. The molecule has 0 spiro atoms. The van der Waals surface area contributed by atoms with E-state index in [-0.39, 0.29) is 35.2 Å². The third kappa shape index (κ3) is 4.31. The fourth-order valence-electron chi connectivity index (χ4n) is 4.92. The Morgan fingerprint density at radius 1 is 0.973 bits per heavy atom. The van der Waals surface area contributed by atoms with Crippen LogP contribution >= 0.6 is 7.60 Å². The van der Waals surface area contributed by atoms with Gasteiger partial charge < -0.3 is 29.6 Å². The number of methoxy groups -OCH3 is 1. The minimum atomic E-state index is -4.56. The fourth-order valence-corrected chi connectivity index (χ4v) is 5.48. The van der Waals surface area contributed by atoms with E-state index in [1.165, 1.54) is 25.3 Å². The van der Waals surface area contributed by atoms with Crippen molar-refractivity contribution in [3.8, 4) is 5.75 Å². The number of Topliss-reactive ketones (excluding diaryl/α,β-unsaturated/α-hetero) is 2. The van der Waals surface area contributed by atoms with Gasteiger partial charge in [-0.15, -0.1) is 0 Å². The van der Waals surface area contributed by atoms with Gasteiger partial charge in [0.05, 0.1) is 31.2 Å². The molecule has 0 unspecified atom stereocenters. The summed E-state index contributed by atoms with van der Waals surface area (Å²) in [5, 5.41) is 19.1. The van der Waals surface area contributed by atoms with Crippen LogP contribution in [-0.2, 0) is 24.2 Å². The summed E-state index contributed by atoms with van der Waals surface area (Å²) in [6.45, 7) is 0.166. The number of ketones is 2. The first kappa shape index (κ1) is 25.1. The molecular weight excluding hydrogens is 497 g/mol. The Kier molecular flexibility index (Phi) is 6.35. The molecule has 0 bridgehead atoms. The van der Waals surface area contributed by atoms with E-state index in [0.717, 1.165) is 23.0 Å². The molecule has 5 rings (SSSR count). The number of fused-ring (bicyclic) bond motifs is 2. The first-order valence-electron chi connectivity index (χ1n) is 11.5. The van der Waals surface area contributed by atoms with Crippen molar-refractivity contribution in [2.75, 3.05) is 18.6 Å². The average molecular weight is 521 g/mol. The van der Waals surface area contributed by atoms with Crippen LogP contribution in [-0.4, -0.2) is 45.2 Å². The lowest BCUT2D eigenvalue weighted by Gasteiger charge is -2.23. The van der Waals surface area contributed by atoms with Crippen molar-refractivity contribution < 1.29 is 38.9 Å². The number of aliphatic hydroxyl groups excluding tert-OH is 2. The van der Waals surface area contributed by atoms with E-state index in [1.807, 2.05) is 24.3 Å². The smallest absolute Gasteiger partial charge is 0.356 e. The molecule has 0 amide bonds. The molecule has 1 aliphatic heterocycles. The molecular formula is C27H24NO8P. The molecule has 0 radical (unpaired) electrons. The van der Waals surface area contributed by atoms with Crippen LogP contribution in [0.3, 0.4) is 0 Å². The maximum absolute atomic E-state index is 12.9. The van der Waals surface area contributed by atoms with Crippen molar-refractivity contribution in [3.05, 3.63) is 87.5 Å². The number of nitrogens with zero attached hydrogens (tertiary/aromatic N) is 1. The fraction of sp³-hybridized carbons (Fsp3) is 0.185. The first-order valence-corrected chi connectivity index (χ1v) is 13.1. The van der Waals surface area contributed by atoms with E-state index < -0.39 is 19.2 Å². The zero-order valence-electron chi connectivity index (χ0n) is 19.8. The first-order chi connectivity index (χ1) is 17.7. The predicted octanol–water partition coefficient (Wildman–Crippen LogP) is 2.64. The number of aliphatic hydroxyl groups is 2. The van der Waals surface area contributed by atoms with Gasteiger partial charge in [-0.1, -0.05) is 6.07 Å². The van der Waals surface area contributed by atoms with Crippen LogP contribution in [0.15, 0.2) is 54.1 Å². The molecule has 37 heavy (non-hydrogen) atoms. The summed E-state index contributed by atoms with van der Waals surface area (Å²) < 4.78 is 17.0. The Morgan fingerprint density at radius 2 is 1.73 bits per heavy atom. The highest BCUT2D eigenvalue weighted by molar-refractivity contribution is 7.60.